The molecule has 2 unspecified atom stereocenters. The molecule has 198 valence electrons. The molecule has 8 heteroatoms. The number of ether oxygens (including phenoxy) is 1. The Hall–Kier alpha value is -3.86. The molecule has 2 N–H and O–H groups in total. The van der Waals surface area contributed by atoms with E-state index in [4.69, 9.17) is 4.74 Å². The fraction of sp³-hybridized carbons (Fsp3) is 0.448. The first-order valence-corrected chi connectivity index (χ1v) is 12.4. The number of hydrogen-bond donors (Lipinski definition) is 2. The Kier molecular flexibility index (Phi) is 9.84. The average molecular weight is 507 g/mol. The monoisotopic (exact) mass is 506 g/mol. The molecule has 0 aliphatic carbocycles. The van der Waals surface area contributed by atoms with Gasteiger partial charge >= 0.3 is 6.09 Å². The number of alkyl carbamates (subject to hydrolysis) is 1. The molecule has 2 atom stereocenters. The quantitative estimate of drug-likeness (QED) is 0.479. The average Bonchev–Trinajstić information content (AvgIpc) is 2.78. The lowest BCUT2D eigenvalue weighted by molar-refractivity contribution is -0.140. The molecule has 3 amide bonds. The fourth-order valence-corrected chi connectivity index (χ4v) is 4.02. The van der Waals surface area contributed by atoms with Crippen LogP contribution in [0.2, 0.25) is 0 Å². The van der Waals surface area contributed by atoms with Crippen molar-refractivity contribution >= 4 is 23.6 Å². The van der Waals surface area contributed by atoms with Gasteiger partial charge in [0, 0.05) is 5.69 Å². The minimum Gasteiger partial charge on any atom is -0.444 e. The Balaban J connectivity index is 2.54. The van der Waals surface area contributed by atoms with Gasteiger partial charge in [-0.15, -0.1) is 0 Å². The molecule has 0 fully saturated rings. The molecule has 8 nitrogen and oxygen atoms in total. The minimum atomic E-state index is -1.10. The van der Waals surface area contributed by atoms with Crippen molar-refractivity contribution in [3.63, 3.8) is 0 Å². The van der Waals surface area contributed by atoms with Crippen molar-refractivity contribution in [1.29, 1.82) is 5.26 Å². The van der Waals surface area contributed by atoms with E-state index >= 15 is 0 Å². The summed E-state index contributed by atoms with van der Waals surface area (Å²) in [5, 5.41) is 15.3. The van der Waals surface area contributed by atoms with Crippen LogP contribution >= 0.6 is 0 Å². The standard InChI is InChI=1S/C29H38N4O4/c1-18(2)23(32-28(36)37-29(6,7)8)27(35)33(16-15-30)25(22-14-9-11-19(3)17-22)26(34)31-24-20(4)12-10-13-21(24)5/h9-14,17-18,23,25H,16H2,1-8H3,(H,31,34)(H,32,36). The lowest BCUT2D eigenvalue weighted by atomic mass is 9.97. The maximum absolute atomic E-state index is 13.9. The summed E-state index contributed by atoms with van der Waals surface area (Å²) in [6, 6.07) is 12.9. The van der Waals surface area contributed by atoms with Crippen LogP contribution in [0.5, 0.6) is 0 Å². The number of hydrogen-bond acceptors (Lipinski definition) is 5. The summed E-state index contributed by atoms with van der Waals surface area (Å²) in [6.07, 6.45) is -0.747. The Morgan fingerprint density at radius 1 is 1.03 bits per heavy atom. The van der Waals surface area contributed by atoms with Crippen molar-refractivity contribution in [3.05, 3.63) is 64.7 Å². The third-order valence-corrected chi connectivity index (χ3v) is 5.78. The van der Waals surface area contributed by atoms with Crippen molar-refractivity contribution in [1.82, 2.24) is 10.2 Å². The highest BCUT2D eigenvalue weighted by atomic mass is 16.6. The van der Waals surface area contributed by atoms with Crippen LogP contribution in [-0.4, -0.2) is 41.0 Å². The van der Waals surface area contributed by atoms with Crippen LogP contribution in [0.15, 0.2) is 42.5 Å². The van der Waals surface area contributed by atoms with E-state index in [0.29, 0.717) is 11.3 Å². The largest absolute Gasteiger partial charge is 0.444 e. The molecule has 2 aromatic carbocycles. The van der Waals surface area contributed by atoms with Gasteiger partial charge in [0.05, 0.1) is 6.07 Å². The first kappa shape index (κ1) is 29.4. The Bertz CT molecular complexity index is 1160. The number of rotatable bonds is 8. The molecular formula is C29H38N4O4. The maximum Gasteiger partial charge on any atom is 0.408 e. The molecular weight excluding hydrogens is 468 g/mol. The second-order valence-corrected chi connectivity index (χ2v) is 10.6. The molecule has 0 aliphatic heterocycles. The molecule has 2 rings (SSSR count). The molecule has 37 heavy (non-hydrogen) atoms. The van der Waals surface area contributed by atoms with Crippen molar-refractivity contribution in [3.8, 4) is 6.07 Å². The van der Waals surface area contributed by atoms with Gasteiger partial charge in [0.15, 0.2) is 0 Å². The van der Waals surface area contributed by atoms with Crippen LogP contribution in [0, 0.1) is 38.0 Å². The van der Waals surface area contributed by atoms with Gasteiger partial charge in [0.25, 0.3) is 5.91 Å². The number of amides is 3. The zero-order valence-electron chi connectivity index (χ0n) is 23.0. The zero-order chi connectivity index (χ0) is 27.9. The van der Waals surface area contributed by atoms with Crippen LogP contribution in [0.4, 0.5) is 10.5 Å². The van der Waals surface area contributed by atoms with E-state index in [1.807, 2.05) is 57.2 Å². The second kappa shape index (κ2) is 12.4. The predicted octanol–water partition coefficient (Wildman–Crippen LogP) is 5.19. The van der Waals surface area contributed by atoms with E-state index in [-0.39, 0.29) is 12.5 Å². The van der Waals surface area contributed by atoms with Gasteiger partial charge in [0.1, 0.15) is 24.2 Å². The summed E-state index contributed by atoms with van der Waals surface area (Å²) < 4.78 is 5.36. The van der Waals surface area contributed by atoms with Gasteiger partial charge in [-0.1, -0.05) is 61.9 Å². The van der Waals surface area contributed by atoms with Crippen molar-refractivity contribution in [2.75, 3.05) is 11.9 Å². The third-order valence-electron chi connectivity index (χ3n) is 5.78. The Morgan fingerprint density at radius 3 is 2.14 bits per heavy atom. The number of carbonyl (C=O) groups is 3. The zero-order valence-corrected chi connectivity index (χ0v) is 23.0. The highest BCUT2D eigenvalue weighted by Gasteiger charge is 2.37. The lowest BCUT2D eigenvalue weighted by Crippen LogP contribution is -2.54. The van der Waals surface area contributed by atoms with Crippen LogP contribution in [0.25, 0.3) is 0 Å². The van der Waals surface area contributed by atoms with E-state index < -0.39 is 35.6 Å². The van der Waals surface area contributed by atoms with E-state index in [9.17, 15) is 19.6 Å². The first-order valence-electron chi connectivity index (χ1n) is 12.4. The SMILES string of the molecule is Cc1cccc(C(C(=O)Nc2c(C)cccc2C)N(CC#N)C(=O)C(NC(=O)OC(C)(C)C)C(C)C)c1. The molecule has 0 saturated heterocycles. The maximum atomic E-state index is 13.9. The smallest absolute Gasteiger partial charge is 0.408 e. The summed E-state index contributed by atoms with van der Waals surface area (Å²) >= 11 is 0. The number of nitrogens with zero attached hydrogens (tertiary/aromatic N) is 2. The fourth-order valence-electron chi connectivity index (χ4n) is 4.02. The normalized spacial score (nSPS) is 12.8. The van der Waals surface area contributed by atoms with Gasteiger partial charge in [0.2, 0.25) is 5.91 Å². The van der Waals surface area contributed by atoms with Gasteiger partial charge < -0.3 is 20.3 Å². The number of carbonyl (C=O) groups excluding carboxylic acids is 3. The van der Waals surface area contributed by atoms with Gasteiger partial charge in [-0.25, -0.2) is 4.79 Å². The molecule has 0 bridgehead atoms. The second-order valence-electron chi connectivity index (χ2n) is 10.6. The first-order chi connectivity index (χ1) is 17.2. The van der Waals surface area contributed by atoms with Crippen molar-refractivity contribution in [2.45, 2.75) is 73.1 Å². The lowest BCUT2D eigenvalue weighted by Gasteiger charge is -2.34. The van der Waals surface area contributed by atoms with Crippen LogP contribution in [-0.2, 0) is 14.3 Å². The predicted molar refractivity (Wildman–Crippen MR) is 144 cm³/mol. The van der Waals surface area contributed by atoms with Crippen LogP contribution in [0.3, 0.4) is 0 Å². The summed E-state index contributed by atoms with van der Waals surface area (Å²) in [6.45, 7) is 14.1. The molecule has 0 radical (unpaired) electrons. The number of nitrogens with one attached hydrogen (secondary N) is 2. The Morgan fingerprint density at radius 2 is 1.62 bits per heavy atom. The van der Waals surface area contributed by atoms with E-state index in [1.54, 1.807) is 46.8 Å². The molecule has 0 heterocycles. The molecule has 0 aromatic heterocycles. The number of anilines is 1. The molecule has 0 spiro atoms. The molecule has 0 aliphatic rings. The number of benzene rings is 2. The highest BCUT2D eigenvalue weighted by molar-refractivity contribution is 6.00. The van der Waals surface area contributed by atoms with Crippen LogP contribution < -0.4 is 10.6 Å². The summed E-state index contributed by atoms with van der Waals surface area (Å²) in [7, 11) is 0. The van der Waals surface area contributed by atoms with E-state index in [2.05, 4.69) is 10.6 Å². The van der Waals surface area contributed by atoms with E-state index in [1.165, 1.54) is 4.90 Å². The molecule has 0 saturated carbocycles. The van der Waals surface area contributed by atoms with Crippen molar-refractivity contribution < 1.29 is 19.1 Å². The third kappa shape index (κ3) is 8.07. The molecule has 2 aromatic rings. The van der Waals surface area contributed by atoms with Gasteiger partial charge in [-0.2, -0.15) is 5.26 Å². The number of aryl methyl sites for hydroxylation is 3. The van der Waals surface area contributed by atoms with Gasteiger partial charge in [-0.05, 0) is 64.2 Å². The topological polar surface area (TPSA) is 112 Å². The number of nitriles is 1. The summed E-state index contributed by atoms with van der Waals surface area (Å²) in [4.78, 5) is 41.5. The summed E-state index contributed by atoms with van der Waals surface area (Å²) in [5.41, 5.74) is 3.12. The van der Waals surface area contributed by atoms with Crippen molar-refractivity contribution in [2.24, 2.45) is 5.92 Å². The minimum absolute atomic E-state index is 0.332. The summed E-state index contributed by atoms with van der Waals surface area (Å²) in [5.74, 6) is -1.34. The Labute approximate surface area is 220 Å². The highest BCUT2D eigenvalue weighted by Crippen LogP contribution is 2.28. The number of para-hydroxylation sites is 1. The van der Waals surface area contributed by atoms with Gasteiger partial charge in [-0.3, -0.25) is 9.59 Å². The van der Waals surface area contributed by atoms with E-state index in [0.717, 1.165) is 16.7 Å². The van der Waals surface area contributed by atoms with Crippen LogP contribution in [0.1, 0.15) is 62.9 Å².